The van der Waals surface area contributed by atoms with Crippen LogP contribution in [0, 0.1) is 0 Å². The molecule has 1 saturated carbocycles. The minimum absolute atomic E-state index is 0.0427. The summed E-state index contributed by atoms with van der Waals surface area (Å²) in [5.74, 6) is 1.14. The van der Waals surface area contributed by atoms with Crippen LogP contribution in [-0.4, -0.2) is 55.3 Å². The third-order valence-corrected chi connectivity index (χ3v) is 4.85. The number of aryl methyl sites for hydroxylation is 1. The van der Waals surface area contributed by atoms with Gasteiger partial charge in [0.15, 0.2) is 5.69 Å². The first-order valence-electron chi connectivity index (χ1n) is 8.44. The minimum atomic E-state index is -0.0427. The number of hydrogen-bond acceptors (Lipinski definition) is 5. The Morgan fingerprint density at radius 3 is 2.92 bits per heavy atom. The van der Waals surface area contributed by atoms with Crippen LogP contribution < -0.4 is 4.74 Å². The van der Waals surface area contributed by atoms with Crippen LogP contribution in [0.15, 0.2) is 12.3 Å². The van der Waals surface area contributed by atoms with Crippen LogP contribution in [-0.2, 0) is 13.6 Å². The fourth-order valence-electron chi connectivity index (χ4n) is 3.37. The van der Waals surface area contributed by atoms with E-state index in [4.69, 9.17) is 4.74 Å². The Balaban J connectivity index is 1.47. The van der Waals surface area contributed by atoms with E-state index in [0.717, 1.165) is 25.1 Å². The first-order chi connectivity index (χ1) is 11.7. The highest BCUT2D eigenvalue weighted by atomic mass is 16.5. The molecule has 0 spiro atoms. The molecule has 2 fully saturated rings. The monoisotopic (exact) mass is 330 g/mol. The smallest absolute Gasteiger partial charge is 0.274 e. The van der Waals surface area contributed by atoms with Crippen LogP contribution in [0.25, 0.3) is 0 Å². The maximum atomic E-state index is 12.8. The lowest BCUT2D eigenvalue weighted by Gasteiger charge is -2.23. The van der Waals surface area contributed by atoms with Gasteiger partial charge in [0.25, 0.3) is 5.91 Å². The van der Waals surface area contributed by atoms with Crippen molar-refractivity contribution in [1.82, 2.24) is 29.7 Å². The number of carbonyl (C=O) groups is 1. The number of likely N-dealkylation sites (tertiary alicyclic amines) is 1. The molecule has 3 heterocycles. The number of aromatic nitrogens is 5. The Kier molecular flexibility index (Phi) is 3.74. The molecule has 4 rings (SSSR count). The molecule has 1 amide bonds. The van der Waals surface area contributed by atoms with Crippen molar-refractivity contribution in [2.75, 3.05) is 13.7 Å². The van der Waals surface area contributed by atoms with Crippen LogP contribution in [0.5, 0.6) is 5.88 Å². The van der Waals surface area contributed by atoms with Crippen molar-refractivity contribution in [3.05, 3.63) is 23.7 Å². The molecule has 0 radical (unpaired) electrons. The highest BCUT2D eigenvalue weighted by Gasteiger charge is 2.32. The van der Waals surface area contributed by atoms with Gasteiger partial charge in [-0.05, 0) is 25.7 Å². The Hall–Kier alpha value is -2.38. The van der Waals surface area contributed by atoms with Crippen molar-refractivity contribution in [2.45, 2.75) is 44.2 Å². The summed E-state index contributed by atoms with van der Waals surface area (Å²) in [6.45, 7) is 1.45. The summed E-state index contributed by atoms with van der Waals surface area (Å²) >= 11 is 0. The molecule has 8 heteroatoms. The van der Waals surface area contributed by atoms with Gasteiger partial charge in [0.2, 0.25) is 5.88 Å². The molecule has 0 N–H and O–H groups in total. The zero-order valence-corrected chi connectivity index (χ0v) is 14.1. The first kappa shape index (κ1) is 15.2. The molecule has 1 atom stereocenters. The zero-order chi connectivity index (χ0) is 16.7. The predicted molar refractivity (Wildman–Crippen MR) is 85.8 cm³/mol. The van der Waals surface area contributed by atoms with E-state index >= 15 is 0 Å². The summed E-state index contributed by atoms with van der Waals surface area (Å²) in [4.78, 5) is 14.7. The third kappa shape index (κ3) is 2.76. The van der Waals surface area contributed by atoms with E-state index in [1.165, 1.54) is 12.8 Å². The summed E-state index contributed by atoms with van der Waals surface area (Å²) in [6, 6.07) is 1.83. The molecule has 1 aliphatic carbocycles. The Labute approximate surface area is 140 Å². The lowest BCUT2D eigenvalue weighted by Crippen LogP contribution is -2.38. The molecule has 0 unspecified atom stereocenters. The lowest BCUT2D eigenvalue weighted by atomic mass is 10.2. The molecule has 2 aromatic heterocycles. The quantitative estimate of drug-likeness (QED) is 0.823. The van der Waals surface area contributed by atoms with E-state index < -0.39 is 0 Å². The number of hydrogen-bond donors (Lipinski definition) is 0. The largest absolute Gasteiger partial charge is 0.481 e. The second kappa shape index (κ2) is 5.92. The fraction of sp³-hybridized carbons (Fsp3) is 0.625. The number of carbonyl (C=O) groups excluding carboxylic acids is 1. The highest BCUT2D eigenvalue weighted by molar-refractivity contribution is 5.93. The van der Waals surface area contributed by atoms with Crippen molar-refractivity contribution in [2.24, 2.45) is 7.05 Å². The highest BCUT2D eigenvalue weighted by Crippen LogP contribution is 2.38. The van der Waals surface area contributed by atoms with Gasteiger partial charge in [-0.1, -0.05) is 5.21 Å². The van der Waals surface area contributed by atoms with Crippen molar-refractivity contribution >= 4 is 5.91 Å². The van der Waals surface area contributed by atoms with E-state index in [0.29, 0.717) is 24.0 Å². The van der Waals surface area contributed by atoms with Gasteiger partial charge in [0, 0.05) is 31.8 Å². The molecule has 1 aliphatic heterocycles. The summed E-state index contributed by atoms with van der Waals surface area (Å²) in [7, 11) is 3.35. The average molecular weight is 330 g/mol. The molecule has 0 aromatic carbocycles. The van der Waals surface area contributed by atoms with Gasteiger partial charge >= 0.3 is 0 Å². The van der Waals surface area contributed by atoms with E-state index in [1.54, 1.807) is 24.9 Å². The molecule has 2 aromatic rings. The summed E-state index contributed by atoms with van der Waals surface area (Å²) in [5, 5.41) is 12.7. The van der Waals surface area contributed by atoms with Crippen molar-refractivity contribution in [1.29, 1.82) is 0 Å². The van der Waals surface area contributed by atoms with E-state index in [9.17, 15) is 4.79 Å². The van der Waals surface area contributed by atoms with Crippen LogP contribution >= 0.6 is 0 Å². The van der Waals surface area contributed by atoms with Crippen LogP contribution in [0.2, 0.25) is 0 Å². The predicted octanol–water partition coefficient (Wildman–Crippen LogP) is 1.20. The number of methoxy groups -OCH3 is 1. The van der Waals surface area contributed by atoms with Gasteiger partial charge in [-0.3, -0.25) is 9.48 Å². The normalized spacial score (nSPS) is 20.6. The van der Waals surface area contributed by atoms with Crippen molar-refractivity contribution in [3.63, 3.8) is 0 Å². The number of amides is 1. The maximum absolute atomic E-state index is 12.8. The van der Waals surface area contributed by atoms with Gasteiger partial charge in [-0.25, -0.2) is 4.68 Å². The molecule has 1 saturated heterocycles. The Morgan fingerprint density at radius 2 is 2.21 bits per heavy atom. The summed E-state index contributed by atoms with van der Waals surface area (Å²) < 4.78 is 8.66. The molecule has 0 bridgehead atoms. The Morgan fingerprint density at radius 1 is 1.38 bits per heavy atom. The van der Waals surface area contributed by atoms with Crippen LogP contribution in [0.3, 0.4) is 0 Å². The number of nitrogens with zero attached hydrogens (tertiary/aromatic N) is 6. The lowest BCUT2D eigenvalue weighted by molar-refractivity contribution is 0.0714. The van der Waals surface area contributed by atoms with Gasteiger partial charge in [0.1, 0.15) is 0 Å². The molecule has 24 heavy (non-hydrogen) atoms. The summed E-state index contributed by atoms with van der Waals surface area (Å²) in [6.07, 6.45) is 6.45. The number of ether oxygens (including phenoxy) is 1. The zero-order valence-electron chi connectivity index (χ0n) is 14.1. The van der Waals surface area contributed by atoms with E-state index in [-0.39, 0.29) is 11.9 Å². The number of rotatable bonds is 5. The molecular weight excluding hydrogens is 308 g/mol. The van der Waals surface area contributed by atoms with E-state index in [1.807, 2.05) is 15.8 Å². The topological polar surface area (TPSA) is 78.1 Å². The molecule has 2 aliphatic rings. The van der Waals surface area contributed by atoms with Gasteiger partial charge in [0.05, 0.1) is 25.4 Å². The van der Waals surface area contributed by atoms with Crippen molar-refractivity contribution < 1.29 is 9.53 Å². The molecule has 128 valence electrons. The van der Waals surface area contributed by atoms with Crippen LogP contribution in [0.1, 0.15) is 47.8 Å². The minimum Gasteiger partial charge on any atom is -0.481 e. The fourth-order valence-corrected chi connectivity index (χ4v) is 3.37. The van der Waals surface area contributed by atoms with Crippen molar-refractivity contribution in [3.8, 4) is 5.88 Å². The second-order valence-electron chi connectivity index (χ2n) is 6.63. The second-order valence-corrected chi connectivity index (χ2v) is 6.63. The van der Waals surface area contributed by atoms with Gasteiger partial charge < -0.3 is 9.64 Å². The van der Waals surface area contributed by atoms with E-state index in [2.05, 4.69) is 15.4 Å². The Bertz CT molecular complexity index is 748. The summed E-state index contributed by atoms with van der Waals surface area (Å²) in [5.41, 5.74) is 1.51. The molecule has 8 nitrogen and oxygen atoms in total. The average Bonchev–Trinajstić information content (AvgIpc) is 2.98. The SMILES string of the molecule is COc1cc(C(=O)N2CCC[C@H]2Cn2cc(C3CC3)nn2)nn1C. The molecular formula is C16H22N6O2. The standard InChI is InChI=1S/C16H22N6O2/c1-20-15(24-2)8-13(18-20)16(23)22-7-3-4-12(22)9-21-10-14(17-19-21)11-5-6-11/h8,10-12H,3-7,9H2,1-2H3/t12-/m0/s1. The first-order valence-corrected chi connectivity index (χ1v) is 8.44. The third-order valence-electron chi connectivity index (χ3n) is 4.85. The maximum Gasteiger partial charge on any atom is 0.274 e. The van der Waals surface area contributed by atoms with Crippen LogP contribution in [0.4, 0.5) is 0 Å². The van der Waals surface area contributed by atoms with Gasteiger partial charge in [-0.2, -0.15) is 5.10 Å². The van der Waals surface area contributed by atoms with Gasteiger partial charge in [-0.15, -0.1) is 5.10 Å².